The fourth-order valence-corrected chi connectivity index (χ4v) is 2.67. The molecule has 0 atom stereocenters. The largest absolute Gasteiger partial charge is 0.352 e. The van der Waals surface area contributed by atoms with Crippen molar-refractivity contribution < 1.29 is 4.79 Å². The number of rotatable bonds is 3. The Labute approximate surface area is 118 Å². The smallest absolute Gasteiger partial charge is 0.223 e. The molecule has 18 heavy (non-hydrogen) atoms. The Kier molecular flexibility index (Phi) is 4.90. The maximum atomic E-state index is 12.0. The maximum Gasteiger partial charge on any atom is 0.223 e. The second-order valence-electron chi connectivity index (χ2n) is 4.80. The van der Waals surface area contributed by atoms with Gasteiger partial charge in [0.15, 0.2) is 0 Å². The first-order valence-electron chi connectivity index (χ1n) is 6.38. The van der Waals surface area contributed by atoms with Crippen molar-refractivity contribution in [3.05, 3.63) is 33.8 Å². The van der Waals surface area contributed by atoms with Gasteiger partial charge >= 0.3 is 0 Å². The average Bonchev–Trinajstić information content (AvgIpc) is 2.41. The van der Waals surface area contributed by atoms with E-state index in [1.165, 1.54) is 19.3 Å². The van der Waals surface area contributed by atoms with E-state index in [-0.39, 0.29) is 11.8 Å². The van der Waals surface area contributed by atoms with Crippen molar-refractivity contribution in [2.24, 2.45) is 5.92 Å². The van der Waals surface area contributed by atoms with E-state index in [2.05, 4.69) is 5.32 Å². The second kappa shape index (κ2) is 6.44. The molecule has 0 bridgehead atoms. The molecule has 2 nitrogen and oxygen atoms in total. The summed E-state index contributed by atoms with van der Waals surface area (Å²) in [6, 6.07) is 5.44. The van der Waals surface area contributed by atoms with Crippen LogP contribution in [0.25, 0.3) is 0 Å². The molecule has 0 aromatic heterocycles. The SMILES string of the molecule is O=C(NCc1ccc(Cl)c(Cl)c1)C1CCCCC1. The van der Waals surface area contributed by atoms with E-state index >= 15 is 0 Å². The summed E-state index contributed by atoms with van der Waals surface area (Å²) in [5, 5.41) is 4.04. The van der Waals surface area contributed by atoms with Crippen molar-refractivity contribution in [2.75, 3.05) is 0 Å². The normalized spacial score (nSPS) is 16.6. The zero-order valence-electron chi connectivity index (χ0n) is 10.2. The van der Waals surface area contributed by atoms with Crippen LogP contribution < -0.4 is 5.32 Å². The number of benzene rings is 1. The van der Waals surface area contributed by atoms with Crippen LogP contribution in [0.1, 0.15) is 37.7 Å². The summed E-state index contributed by atoms with van der Waals surface area (Å²) in [4.78, 5) is 12.0. The number of hydrogen-bond donors (Lipinski definition) is 1. The van der Waals surface area contributed by atoms with Gasteiger partial charge in [0, 0.05) is 12.5 Å². The molecule has 0 radical (unpaired) electrons. The van der Waals surface area contributed by atoms with Gasteiger partial charge in [-0.25, -0.2) is 0 Å². The summed E-state index contributed by atoms with van der Waals surface area (Å²) in [5.74, 6) is 0.363. The van der Waals surface area contributed by atoms with Crippen molar-refractivity contribution in [2.45, 2.75) is 38.6 Å². The minimum atomic E-state index is 0.167. The molecule has 1 aliphatic carbocycles. The standard InChI is InChI=1S/C14H17Cl2NO/c15-12-7-6-10(8-13(12)16)9-17-14(18)11-4-2-1-3-5-11/h6-8,11H,1-5,9H2,(H,17,18). The van der Waals surface area contributed by atoms with E-state index in [0.29, 0.717) is 16.6 Å². The van der Waals surface area contributed by atoms with Gasteiger partial charge in [-0.15, -0.1) is 0 Å². The lowest BCUT2D eigenvalue weighted by atomic mass is 9.88. The van der Waals surface area contributed by atoms with Crippen LogP contribution in [0, 0.1) is 5.92 Å². The molecule has 1 fully saturated rings. The Morgan fingerprint density at radius 3 is 2.56 bits per heavy atom. The van der Waals surface area contributed by atoms with Crippen LogP contribution >= 0.6 is 23.2 Å². The zero-order chi connectivity index (χ0) is 13.0. The van der Waals surface area contributed by atoms with Gasteiger partial charge in [-0.3, -0.25) is 4.79 Å². The second-order valence-corrected chi connectivity index (χ2v) is 5.62. The summed E-state index contributed by atoms with van der Waals surface area (Å²) in [7, 11) is 0. The van der Waals surface area contributed by atoms with E-state index in [4.69, 9.17) is 23.2 Å². The topological polar surface area (TPSA) is 29.1 Å². The summed E-state index contributed by atoms with van der Waals surface area (Å²) in [5.41, 5.74) is 0.980. The number of carbonyl (C=O) groups excluding carboxylic acids is 1. The highest BCUT2D eigenvalue weighted by atomic mass is 35.5. The lowest BCUT2D eigenvalue weighted by Gasteiger charge is -2.20. The molecule has 98 valence electrons. The van der Waals surface area contributed by atoms with Crippen LogP contribution in [0.3, 0.4) is 0 Å². The summed E-state index contributed by atoms with van der Waals surface area (Å²) < 4.78 is 0. The monoisotopic (exact) mass is 285 g/mol. The van der Waals surface area contributed by atoms with Gasteiger partial charge in [-0.05, 0) is 30.5 Å². The van der Waals surface area contributed by atoms with Crippen molar-refractivity contribution in [3.63, 3.8) is 0 Å². The van der Waals surface area contributed by atoms with Crippen molar-refractivity contribution >= 4 is 29.1 Å². The van der Waals surface area contributed by atoms with Gasteiger partial charge in [-0.2, -0.15) is 0 Å². The third kappa shape index (κ3) is 3.63. The quantitative estimate of drug-likeness (QED) is 0.887. The molecular weight excluding hydrogens is 269 g/mol. The molecule has 1 aliphatic rings. The number of halogens is 2. The van der Waals surface area contributed by atoms with Gasteiger partial charge in [-0.1, -0.05) is 48.5 Å². The van der Waals surface area contributed by atoms with E-state index in [1.807, 2.05) is 6.07 Å². The Hall–Kier alpha value is -0.730. The van der Waals surface area contributed by atoms with E-state index in [1.54, 1.807) is 12.1 Å². The molecule has 0 aliphatic heterocycles. The molecule has 1 saturated carbocycles. The summed E-state index contributed by atoms with van der Waals surface area (Å²) >= 11 is 11.8. The maximum absolute atomic E-state index is 12.0. The third-order valence-electron chi connectivity index (χ3n) is 3.43. The van der Waals surface area contributed by atoms with Gasteiger partial charge < -0.3 is 5.32 Å². The van der Waals surface area contributed by atoms with Crippen LogP contribution in [0.4, 0.5) is 0 Å². The van der Waals surface area contributed by atoms with E-state index in [9.17, 15) is 4.79 Å². The van der Waals surface area contributed by atoms with Gasteiger partial charge in [0.05, 0.1) is 10.0 Å². The minimum Gasteiger partial charge on any atom is -0.352 e. The molecule has 0 heterocycles. The van der Waals surface area contributed by atoms with Gasteiger partial charge in [0.25, 0.3) is 0 Å². The first-order chi connectivity index (χ1) is 8.66. The van der Waals surface area contributed by atoms with Crippen molar-refractivity contribution in [3.8, 4) is 0 Å². The highest BCUT2D eigenvalue weighted by molar-refractivity contribution is 6.42. The van der Waals surface area contributed by atoms with Crippen molar-refractivity contribution in [1.29, 1.82) is 0 Å². The number of carbonyl (C=O) groups is 1. The molecule has 4 heteroatoms. The summed E-state index contributed by atoms with van der Waals surface area (Å²) in [6.45, 7) is 0.520. The van der Waals surface area contributed by atoms with Crippen molar-refractivity contribution in [1.82, 2.24) is 5.32 Å². The molecule has 0 saturated heterocycles. The Bertz CT molecular complexity index is 428. The molecular formula is C14H17Cl2NO. The average molecular weight is 286 g/mol. The predicted molar refractivity (Wildman–Crippen MR) is 74.9 cm³/mol. The van der Waals surface area contributed by atoms with Crippen LogP contribution in [0.15, 0.2) is 18.2 Å². The zero-order valence-corrected chi connectivity index (χ0v) is 11.7. The van der Waals surface area contributed by atoms with Crippen LogP contribution in [-0.4, -0.2) is 5.91 Å². The first kappa shape index (κ1) is 13.7. The minimum absolute atomic E-state index is 0.167. The molecule has 1 aromatic carbocycles. The fourth-order valence-electron chi connectivity index (χ4n) is 2.35. The fraction of sp³-hybridized carbons (Fsp3) is 0.500. The molecule has 0 unspecified atom stereocenters. The van der Waals surface area contributed by atoms with E-state index < -0.39 is 0 Å². The Morgan fingerprint density at radius 2 is 1.89 bits per heavy atom. The lowest BCUT2D eigenvalue weighted by molar-refractivity contribution is -0.126. The predicted octanol–water partition coefficient (Wildman–Crippen LogP) is 4.19. The number of nitrogens with one attached hydrogen (secondary N) is 1. The Balaban J connectivity index is 1.86. The lowest BCUT2D eigenvalue weighted by Crippen LogP contribution is -2.31. The highest BCUT2D eigenvalue weighted by Gasteiger charge is 2.20. The molecule has 1 amide bonds. The molecule has 2 rings (SSSR count). The third-order valence-corrected chi connectivity index (χ3v) is 4.17. The highest BCUT2D eigenvalue weighted by Crippen LogP contribution is 2.24. The molecule has 1 aromatic rings. The number of amides is 1. The molecule has 0 spiro atoms. The number of hydrogen-bond acceptors (Lipinski definition) is 1. The summed E-state index contributed by atoms with van der Waals surface area (Å²) in [6.07, 6.45) is 5.65. The van der Waals surface area contributed by atoms with E-state index in [0.717, 1.165) is 18.4 Å². The van der Waals surface area contributed by atoms with Crippen LogP contribution in [-0.2, 0) is 11.3 Å². The Morgan fingerprint density at radius 1 is 1.17 bits per heavy atom. The van der Waals surface area contributed by atoms with Gasteiger partial charge in [0.2, 0.25) is 5.91 Å². The first-order valence-corrected chi connectivity index (χ1v) is 7.14. The van der Waals surface area contributed by atoms with Crippen LogP contribution in [0.2, 0.25) is 10.0 Å². The van der Waals surface area contributed by atoms with Crippen LogP contribution in [0.5, 0.6) is 0 Å². The van der Waals surface area contributed by atoms with Gasteiger partial charge in [0.1, 0.15) is 0 Å². The molecule has 1 N–H and O–H groups in total.